The van der Waals surface area contributed by atoms with Gasteiger partial charge in [0.1, 0.15) is 0 Å². The highest BCUT2D eigenvalue weighted by Gasteiger charge is 2.57. The van der Waals surface area contributed by atoms with Crippen LogP contribution >= 0.6 is 0 Å². The summed E-state index contributed by atoms with van der Waals surface area (Å²) in [6.07, 6.45) is 7.97. The third-order valence-corrected chi connectivity index (χ3v) is 5.73. The zero-order valence-corrected chi connectivity index (χ0v) is 15.4. The summed E-state index contributed by atoms with van der Waals surface area (Å²) in [6.45, 7) is 0.817. The zero-order chi connectivity index (χ0) is 18.1. The Morgan fingerprint density at radius 3 is 2.58 bits per heavy atom. The van der Waals surface area contributed by atoms with Crippen molar-refractivity contribution < 1.29 is 4.79 Å². The summed E-state index contributed by atoms with van der Waals surface area (Å²) in [4.78, 5) is 25.4. The molecule has 2 aliphatic rings. The minimum Gasteiger partial charge on any atom is -0.347 e. The second-order valence-electron chi connectivity index (χ2n) is 7.44. The van der Waals surface area contributed by atoms with Crippen molar-refractivity contribution in [2.75, 3.05) is 30.9 Å². The second-order valence-corrected chi connectivity index (χ2v) is 7.44. The van der Waals surface area contributed by atoms with Crippen LogP contribution in [0.4, 0.5) is 16.4 Å². The third-order valence-electron chi connectivity index (χ3n) is 5.73. The Hall–Kier alpha value is -2.63. The molecule has 136 valence electrons. The summed E-state index contributed by atoms with van der Waals surface area (Å²) in [6, 6.07) is 10.4. The maximum Gasteiger partial charge on any atom is 0.322 e. The molecule has 0 radical (unpaired) electrons. The molecule has 2 fully saturated rings. The Kier molecular flexibility index (Phi) is 4.26. The number of carbonyl (C=O) groups is 1. The first kappa shape index (κ1) is 16.8. The maximum atomic E-state index is 13.0. The van der Waals surface area contributed by atoms with E-state index in [0.29, 0.717) is 17.6 Å². The number of hydrogen-bond acceptors (Lipinski definition) is 4. The van der Waals surface area contributed by atoms with Gasteiger partial charge in [-0.05, 0) is 18.4 Å². The maximum absolute atomic E-state index is 13.0. The first-order chi connectivity index (χ1) is 12.6. The minimum absolute atomic E-state index is 0.0618. The van der Waals surface area contributed by atoms with Crippen molar-refractivity contribution in [3.8, 4) is 0 Å². The van der Waals surface area contributed by atoms with Crippen LogP contribution in [0.25, 0.3) is 0 Å². The normalized spacial score (nSPS) is 24.4. The van der Waals surface area contributed by atoms with Gasteiger partial charge in [-0.3, -0.25) is 0 Å². The molecule has 6 heteroatoms. The molecule has 4 rings (SSSR count). The highest BCUT2D eigenvalue weighted by molar-refractivity contribution is 5.90. The summed E-state index contributed by atoms with van der Waals surface area (Å²) in [7, 11) is 3.78. The summed E-state index contributed by atoms with van der Waals surface area (Å²) in [5.74, 6) is 1.18. The molecule has 1 aromatic carbocycles. The van der Waals surface area contributed by atoms with Crippen molar-refractivity contribution in [3.63, 3.8) is 0 Å². The van der Waals surface area contributed by atoms with Gasteiger partial charge < -0.3 is 15.1 Å². The van der Waals surface area contributed by atoms with Crippen molar-refractivity contribution in [1.29, 1.82) is 0 Å². The van der Waals surface area contributed by atoms with Crippen LogP contribution in [0.5, 0.6) is 0 Å². The highest BCUT2D eigenvalue weighted by Crippen LogP contribution is 2.53. The number of benzene rings is 1. The minimum atomic E-state index is -0.159. The van der Waals surface area contributed by atoms with Gasteiger partial charge in [0.25, 0.3) is 0 Å². The van der Waals surface area contributed by atoms with Crippen molar-refractivity contribution in [2.24, 2.45) is 5.92 Å². The number of anilines is 2. The molecule has 6 nitrogen and oxygen atoms in total. The highest BCUT2D eigenvalue weighted by atomic mass is 16.2. The molecule has 26 heavy (non-hydrogen) atoms. The van der Waals surface area contributed by atoms with Crippen LogP contribution in [-0.2, 0) is 5.54 Å². The van der Waals surface area contributed by atoms with Gasteiger partial charge in [0.2, 0.25) is 5.95 Å². The van der Waals surface area contributed by atoms with E-state index in [0.717, 1.165) is 19.4 Å². The van der Waals surface area contributed by atoms with E-state index in [2.05, 4.69) is 39.6 Å². The van der Waals surface area contributed by atoms with Crippen molar-refractivity contribution in [3.05, 3.63) is 48.3 Å². The lowest BCUT2D eigenvalue weighted by molar-refractivity contribution is -0.0756. The Bertz CT molecular complexity index is 777. The number of rotatable bonds is 3. The molecule has 1 N–H and O–H groups in total. The number of nitrogens with one attached hydrogen (secondary N) is 1. The van der Waals surface area contributed by atoms with Crippen molar-refractivity contribution >= 4 is 17.7 Å². The molecule has 2 atom stereocenters. The molecule has 0 bridgehead atoms. The molecule has 1 aliphatic carbocycles. The average Bonchev–Trinajstić information content (AvgIpc) is 2.64. The van der Waals surface area contributed by atoms with Crippen LogP contribution in [0.2, 0.25) is 0 Å². The average molecular weight is 351 g/mol. The van der Waals surface area contributed by atoms with Crippen LogP contribution in [-0.4, -0.2) is 41.5 Å². The van der Waals surface area contributed by atoms with Gasteiger partial charge in [0, 0.05) is 26.6 Å². The first-order valence-electron chi connectivity index (χ1n) is 9.25. The second kappa shape index (κ2) is 6.59. The lowest BCUT2D eigenvalue weighted by Gasteiger charge is -2.61. The molecule has 1 saturated heterocycles. The number of nitrogens with zero attached hydrogens (tertiary/aromatic N) is 4. The van der Waals surface area contributed by atoms with Crippen LogP contribution < -0.4 is 10.2 Å². The van der Waals surface area contributed by atoms with E-state index in [-0.39, 0.29) is 11.6 Å². The van der Waals surface area contributed by atoms with Gasteiger partial charge in [-0.1, -0.05) is 43.2 Å². The Labute approximate surface area is 154 Å². The molecule has 2 heterocycles. The zero-order valence-electron chi connectivity index (χ0n) is 15.4. The predicted octanol–water partition coefficient (Wildman–Crippen LogP) is 3.48. The predicted molar refractivity (Wildman–Crippen MR) is 102 cm³/mol. The lowest BCUT2D eigenvalue weighted by Crippen LogP contribution is -2.68. The molecule has 2 amide bonds. The van der Waals surface area contributed by atoms with E-state index in [1.165, 1.54) is 18.4 Å². The number of fused-ring (bicyclic) bond motifs is 1. The monoisotopic (exact) mass is 351 g/mol. The van der Waals surface area contributed by atoms with Crippen LogP contribution in [0, 0.1) is 5.92 Å². The lowest BCUT2D eigenvalue weighted by atomic mass is 9.62. The van der Waals surface area contributed by atoms with Gasteiger partial charge >= 0.3 is 6.03 Å². The van der Waals surface area contributed by atoms with Crippen LogP contribution in [0.1, 0.15) is 31.2 Å². The molecule has 1 saturated carbocycles. The van der Waals surface area contributed by atoms with Crippen molar-refractivity contribution in [1.82, 2.24) is 14.9 Å². The van der Waals surface area contributed by atoms with Gasteiger partial charge in [-0.15, -0.1) is 0 Å². The van der Waals surface area contributed by atoms with Gasteiger partial charge in [0.05, 0.1) is 23.6 Å². The van der Waals surface area contributed by atoms with Gasteiger partial charge in [-0.2, -0.15) is 0 Å². The molecule has 2 aromatic rings. The number of likely N-dealkylation sites (tertiary alicyclic amines) is 1. The number of amides is 2. The van der Waals surface area contributed by atoms with E-state index < -0.39 is 0 Å². The molecular formula is C20H25N5O. The summed E-state index contributed by atoms with van der Waals surface area (Å²) < 4.78 is 0. The molecule has 0 spiro atoms. The standard InChI is InChI=1S/C20H25N5O/c1-24(2)18-21-12-17(13-22-18)23-19(26)25-14-16-10-6-7-11-20(16,25)15-8-4-3-5-9-15/h3-5,8-9,12-13,16H,6-7,10-11,14H2,1-2H3,(H,23,26)/t16-,20+/m0/s1. The van der Waals surface area contributed by atoms with E-state index in [1.807, 2.05) is 30.0 Å². The smallest absolute Gasteiger partial charge is 0.322 e. The fourth-order valence-corrected chi connectivity index (χ4v) is 4.43. The van der Waals surface area contributed by atoms with Gasteiger partial charge in [0.15, 0.2) is 0 Å². The Morgan fingerprint density at radius 1 is 1.19 bits per heavy atom. The SMILES string of the molecule is CN(C)c1ncc(NC(=O)N2C[C@@H]3CCCC[C@@]32c2ccccc2)cn1. The molecule has 1 aliphatic heterocycles. The van der Waals surface area contributed by atoms with Crippen LogP contribution in [0.15, 0.2) is 42.7 Å². The summed E-state index contributed by atoms with van der Waals surface area (Å²) in [5, 5.41) is 2.98. The Morgan fingerprint density at radius 2 is 1.92 bits per heavy atom. The Balaban J connectivity index is 1.55. The third kappa shape index (κ3) is 2.69. The van der Waals surface area contributed by atoms with E-state index in [9.17, 15) is 4.79 Å². The fourth-order valence-electron chi connectivity index (χ4n) is 4.43. The topological polar surface area (TPSA) is 61.4 Å². The molecule has 0 unspecified atom stereocenters. The van der Waals surface area contributed by atoms with E-state index in [1.54, 1.807) is 12.4 Å². The van der Waals surface area contributed by atoms with E-state index in [4.69, 9.17) is 0 Å². The molecule has 1 aromatic heterocycles. The first-order valence-corrected chi connectivity index (χ1v) is 9.25. The van der Waals surface area contributed by atoms with Crippen molar-refractivity contribution in [2.45, 2.75) is 31.2 Å². The molecular weight excluding hydrogens is 326 g/mol. The summed E-state index contributed by atoms with van der Waals surface area (Å²) >= 11 is 0. The quantitative estimate of drug-likeness (QED) is 0.920. The number of aromatic nitrogens is 2. The number of carbonyl (C=O) groups excluding carboxylic acids is 1. The van der Waals surface area contributed by atoms with E-state index >= 15 is 0 Å². The summed E-state index contributed by atoms with van der Waals surface area (Å²) in [5.41, 5.74) is 1.72. The van der Waals surface area contributed by atoms with Gasteiger partial charge in [-0.25, -0.2) is 14.8 Å². The fraction of sp³-hybridized carbons (Fsp3) is 0.450. The van der Waals surface area contributed by atoms with Crippen LogP contribution in [0.3, 0.4) is 0 Å². The number of hydrogen-bond donors (Lipinski definition) is 1. The largest absolute Gasteiger partial charge is 0.347 e. The number of urea groups is 1.